The molecule has 1 saturated heterocycles. The third-order valence-corrected chi connectivity index (χ3v) is 6.73. The van der Waals surface area contributed by atoms with Crippen molar-refractivity contribution in [3.05, 3.63) is 58.3 Å². The molecule has 2 aliphatic rings. The molecule has 0 radical (unpaired) electrons. The summed E-state index contributed by atoms with van der Waals surface area (Å²) in [5.74, 6) is -2.24. The molecular formula is C23H21ClFN5O4. The first-order valence-electron chi connectivity index (χ1n) is 10.8. The molecule has 3 aromatic rings. The second-order valence-corrected chi connectivity index (χ2v) is 9.11. The summed E-state index contributed by atoms with van der Waals surface area (Å²) in [4.78, 5) is 43.5. The van der Waals surface area contributed by atoms with Crippen molar-refractivity contribution in [3.8, 4) is 0 Å². The minimum Gasteiger partial charge on any atom is -0.476 e. The van der Waals surface area contributed by atoms with E-state index >= 15 is 0 Å². The van der Waals surface area contributed by atoms with Crippen LogP contribution in [0.15, 0.2) is 30.5 Å². The van der Waals surface area contributed by atoms with Crippen LogP contribution in [0.4, 0.5) is 4.39 Å². The summed E-state index contributed by atoms with van der Waals surface area (Å²) in [6, 6.07) is 5.54. The minimum atomic E-state index is -1.21. The van der Waals surface area contributed by atoms with Crippen LogP contribution in [0.5, 0.6) is 0 Å². The monoisotopic (exact) mass is 485 g/mol. The fourth-order valence-corrected chi connectivity index (χ4v) is 4.89. The van der Waals surface area contributed by atoms with Crippen molar-refractivity contribution in [1.29, 1.82) is 0 Å². The van der Waals surface area contributed by atoms with Crippen LogP contribution >= 0.6 is 11.6 Å². The number of aromatic carboxylic acids is 1. The fourth-order valence-electron chi connectivity index (χ4n) is 4.69. The number of rotatable bonds is 6. The Morgan fingerprint density at radius 2 is 2.09 bits per heavy atom. The molecule has 0 bridgehead atoms. The van der Waals surface area contributed by atoms with Crippen molar-refractivity contribution in [2.24, 2.45) is 5.92 Å². The Morgan fingerprint density at radius 1 is 1.29 bits per heavy atom. The smallest absolute Gasteiger partial charge is 0.357 e. The molecule has 176 valence electrons. The normalized spacial score (nSPS) is 20.9. The first-order valence-corrected chi connectivity index (χ1v) is 11.2. The first kappa shape index (κ1) is 22.3. The van der Waals surface area contributed by atoms with Crippen LogP contribution in [-0.2, 0) is 22.7 Å². The van der Waals surface area contributed by atoms with Gasteiger partial charge in [0.2, 0.25) is 11.8 Å². The van der Waals surface area contributed by atoms with E-state index in [1.807, 2.05) is 0 Å². The van der Waals surface area contributed by atoms with Gasteiger partial charge in [-0.25, -0.2) is 9.18 Å². The molecule has 1 aromatic carbocycles. The van der Waals surface area contributed by atoms with Crippen molar-refractivity contribution in [1.82, 2.24) is 25.0 Å². The van der Waals surface area contributed by atoms with E-state index in [9.17, 15) is 23.9 Å². The quantitative estimate of drug-likeness (QED) is 0.554. The Bertz CT molecular complexity index is 1340. The maximum atomic E-state index is 14.2. The van der Waals surface area contributed by atoms with Crippen LogP contribution in [0.25, 0.3) is 10.9 Å². The maximum absolute atomic E-state index is 14.2. The van der Waals surface area contributed by atoms with E-state index in [0.717, 1.165) is 6.42 Å². The molecule has 2 amide bonds. The van der Waals surface area contributed by atoms with Gasteiger partial charge >= 0.3 is 5.97 Å². The summed E-state index contributed by atoms with van der Waals surface area (Å²) < 4.78 is 15.5. The maximum Gasteiger partial charge on any atom is 0.357 e. The largest absolute Gasteiger partial charge is 0.476 e. The van der Waals surface area contributed by atoms with Gasteiger partial charge in [-0.15, -0.1) is 0 Å². The molecule has 3 heterocycles. The molecule has 11 heteroatoms. The van der Waals surface area contributed by atoms with Gasteiger partial charge in [-0.1, -0.05) is 23.7 Å². The molecule has 2 aromatic heterocycles. The zero-order valence-corrected chi connectivity index (χ0v) is 18.9. The van der Waals surface area contributed by atoms with E-state index in [-0.39, 0.29) is 53.1 Å². The number of nitrogens with one attached hydrogen (secondary N) is 1. The molecule has 5 rings (SSSR count). The van der Waals surface area contributed by atoms with Crippen molar-refractivity contribution in [2.75, 3.05) is 0 Å². The lowest BCUT2D eigenvalue weighted by Crippen LogP contribution is -2.48. The van der Waals surface area contributed by atoms with Crippen LogP contribution in [0.1, 0.15) is 34.6 Å². The van der Waals surface area contributed by atoms with Gasteiger partial charge in [-0.2, -0.15) is 5.10 Å². The van der Waals surface area contributed by atoms with Gasteiger partial charge in [0, 0.05) is 30.0 Å². The molecule has 34 heavy (non-hydrogen) atoms. The predicted molar refractivity (Wildman–Crippen MR) is 120 cm³/mol. The highest BCUT2D eigenvalue weighted by atomic mass is 35.5. The minimum absolute atomic E-state index is 0.0247. The number of halogens is 2. The SMILES string of the molecule is Cc1cc2c(cn1)c(C(=O)O)nn2CC(=O)N1[C@@H]2C[C@@H]2C[C@H]1C(=O)NCc1cccc(Cl)c1F. The second-order valence-electron chi connectivity index (χ2n) is 8.70. The number of hydrogen-bond acceptors (Lipinski definition) is 5. The number of nitrogens with zero attached hydrogens (tertiary/aromatic N) is 4. The number of aromatic nitrogens is 3. The van der Waals surface area contributed by atoms with E-state index in [4.69, 9.17) is 11.6 Å². The van der Waals surface area contributed by atoms with Gasteiger partial charge in [0.1, 0.15) is 18.4 Å². The van der Waals surface area contributed by atoms with Crippen LogP contribution in [0.3, 0.4) is 0 Å². The number of carboxylic acids is 1. The number of fused-ring (bicyclic) bond motifs is 2. The average Bonchev–Trinajstić information content (AvgIpc) is 3.31. The topological polar surface area (TPSA) is 117 Å². The lowest BCUT2D eigenvalue weighted by atomic mass is 10.1. The zero-order valence-electron chi connectivity index (χ0n) is 18.2. The molecule has 2 N–H and O–H groups in total. The average molecular weight is 486 g/mol. The Hall–Kier alpha value is -3.53. The summed E-state index contributed by atoms with van der Waals surface area (Å²) in [5, 5.41) is 16.6. The van der Waals surface area contributed by atoms with Crippen molar-refractivity contribution < 1.29 is 23.9 Å². The van der Waals surface area contributed by atoms with Gasteiger partial charge in [0.25, 0.3) is 0 Å². The lowest BCUT2D eigenvalue weighted by molar-refractivity contribution is -0.140. The van der Waals surface area contributed by atoms with E-state index in [2.05, 4.69) is 15.4 Å². The Kier molecular flexibility index (Phi) is 5.47. The highest BCUT2D eigenvalue weighted by Crippen LogP contribution is 2.48. The van der Waals surface area contributed by atoms with Crippen molar-refractivity contribution >= 4 is 40.3 Å². The number of carbonyl (C=O) groups excluding carboxylic acids is 2. The van der Waals surface area contributed by atoms with Gasteiger partial charge in [0.15, 0.2) is 5.69 Å². The Balaban J connectivity index is 1.34. The molecule has 1 saturated carbocycles. The summed E-state index contributed by atoms with van der Waals surface area (Å²) in [7, 11) is 0. The third-order valence-electron chi connectivity index (χ3n) is 6.44. The number of carbonyl (C=O) groups is 3. The van der Waals surface area contributed by atoms with Gasteiger partial charge in [-0.05, 0) is 37.8 Å². The number of likely N-dealkylation sites (tertiary alicyclic amines) is 1. The van der Waals surface area contributed by atoms with Crippen LogP contribution in [0.2, 0.25) is 5.02 Å². The Morgan fingerprint density at radius 3 is 2.85 bits per heavy atom. The summed E-state index contributed by atoms with van der Waals surface area (Å²) in [6.07, 6.45) is 2.78. The number of pyridine rings is 1. The van der Waals surface area contributed by atoms with Crippen LogP contribution in [0, 0.1) is 18.7 Å². The molecular weight excluding hydrogens is 465 g/mol. The fraction of sp³-hybridized carbons (Fsp3) is 0.348. The Labute approximate surface area is 198 Å². The first-order chi connectivity index (χ1) is 16.2. The van der Waals surface area contributed by atoms with E-state index in [1.165, 1.54) is 23.0 Å². The number of hydrogen-bond donors (Lipinski definition) is 2. The molecule has 2 fully saturated rings. The van der Waals surface area contributed by atoms with Gasteiger partial charge in [-0.3, -0.25) is 19.3 Å². The highest BCUT2D eigenvalue weighted by Gasteiger charge is 2.56. The molecule has 3 atom stereocenters. The van der Waals surface area contributed by atoms with Crippen molar-refractivity contribution in [2.45, 2.75) is 44.9 Å². The van der Waals surface area contributed by atoms with E-state index < -0.39 is 17.8 Å². The zero-order chi connectivity index (χ0) is 24.1. The molecule has 0 spiro atoms. The van der Waals surface area contributed by atoms with Gasteiger partial charge in [0.05, 0.1) is 15.9 Å². The molecule has 1 aliphatic heterocycles. The van der Waals surface area contributed by atoms with E-state index in [1.54, 1.807) is 24.0 Å². The number of carboxylic acid groups (broad SMARTS) is 1. The third kappa shape index (κ3) is 3.87. The second kappa shape index (κ2) is 8.35. The summed E-state index contributed by atoms with van der Waals surface area (Å²) >= 11 is 5.81. The molecule has 9 nitrogen and oxygen atoms in total. The lowest BCUT2D eigenvalue weighted by Gasteiger charge is -2.27. The standard InChI is InChI=1S/C23H21ClFN5O4/c1-11-5-17-14(9-26-11)21(23(33)34)28-29(17)10-19(31)30-16-6-13(16)7-18(30)22(32)27-8-12-3-2-4-15(24)20(12)25/h2-5,9,13,16,18H,6-8,10H2,1H3,(H,27,32)(H,33,34)/t13-,16-,18+/m1/s1. The highest BCUT2D eigenvalue weighted by molar-refractivity contribution is 6.30. The number of aryl methyl sites for hydroxylation is 1. The molecule has 0 unspecified atom stereocenters. The number of amides is 2. The predicted octanol–water partition coefficient (Wildman–Crippen LogP) is 2.54. The van der Waals surface area contributed by atoms with Crippen LogP contribution < -0.4 is 5.32 Å². The summed E-state index contributed by atoms with van der Waals surface area (Å²) in [6.45, 7) is 1.51. The van der Waals surface area contributed by atoms with Crippen LogP contribution in [-0.4, -0.2) is 54.6 Å². The number of piperidine rings is 1. The van der Waals surface area contributed by atoms with E-state index in [0.29, 0.717) is 23.0 Å². The van der Waals surface area contributed by atoms with Crippen molar-refractivity contribution in [3.63, 3.8) is 0 Å². The molecule has 1 aliphatic carbocycles. The van der Waals surface area contributed by atoms with Gasteiger partial charge < -0.3 is 15.3 Å². The number of benzene rings is 1. The summed E-state index contributed by atoms with van der Waals surface area (Å²) in [5.41, 5.74) is 1.23.